The Labute approximate surface area is 139 Å². The number of nitrogens with zero attached hydrogens (tertiary/aromatic N) is 1. The van der Waals surface area contributed by atoms with E-state index in [9.17, 15) is 13.2 Å². The quantitative estimate of drug-likeness (QED) is 0.829. The van der Waals surface area contributed by atoms with Gasteiger partial charge in [0.05, 0.1) is 5.75 Å². The molecule has 1 aromatic carbocycles. The van der Waals surface area contributed by atoms with Crippen molar-refractivity contribution in [1.29, 1.82) is 0 Å². The van der Waals surface area contributed by atoms with Crippen LogP contribution in [-0.4, -0.2) is 51.2 Å². The van der Waals surface area contributed by atoms with Gasteiger partial charge in [-0.2, -0.15) is 0 Å². The molecule has 118 valence electrons. The van der Waals surface area contributed by atoms with Crippen molar-refractivity contribution in [2.75, 3.05) is 31.9 Å². The standard InChI is InChI=1S/C13H17BrN2O3S.ClH/c14-12-3-1-2-11(8-12)9-20(18,19)10-13(17)16-6-4-15-5-7-16;/h1-3,8,15H,4-7,9-10H2;1H. The van der Waals surface area contributed by atoms with Crippen LogP contribution in [0, 0.1) is 0 Å². The summed E-state index contributed by atoms with van der Waals surface area (Å²) in [5.74, 6) is -0.828. The number of carbonyl (C=O) groups is 1. The number of carbonyl (C=O) groups excluding carboxylic acids is 1. The summed E-state index contributed by atoms with van der Waals surface area (Å²) in [7, 11) is -3.43. The molecule has 0 aromatic heterocycles. The van der Waals surface area contributed by atoms with Gasteiger partial charge in [-0.05, 0) is 17.7 Å². The van der Waals surface area contributed by atoms with Crippen molar-refractivity contribution >= 4 is 44.1 Å². The van der Waals surface area contributed by atoms with Gasteiger partial charge >= 0.3 is 0 Å². The van der Waals surface area contributed by atoms with Crippen LogP contribution in [0.2, 0.25) is 0 Å². The third kappa shape index (κ3) is 5.94. The van der Waals surface area contributed by atoms with Gasteiger partial charge in [0.2, 0.25) is 5.91 Å². The Bertz CT molecular complexity index is 589. The minimum Gasteiger partial charge on any atom is -0.339 e. The number of sulfone groups is 1. The fraction of sp³-hybridized carbons (Fsp3) is 0.462. The van der Waals surface area contributed by atoms with Crippen LogP contribution in [-0.2, 0) is 20.4 Å². The van der Waals surface area contributed by atoms with Gasteiger partial charge in [-0.15, -0.1) is 12.4 Å². The first kappa shape index (κ1) is 18.4. The second kappa shape index (κ2) is 8.12. The van der Waals surface area contributed by atoms with Crippen molar-refractivity contribution in [3.8, 4) is 0 Å². The zero-order chi connectivity index (χ0) is 14.6. The topological polar surface area (TPSA) is 66.5 Å². The smallest absolute Gasteiger partial charge is 0.237 e. The van der Waals surface area contributed by atoms with Crippen LogP contribution in [0.5, 0.6) is 0 Å². The maximum atomic E-state index is 12.1. The Kier molecular flexibility index (Phi) is 7.12. The molecule has 1 aliphatic heterocycles. The van der Waals surface area contributed by atoms with Crippen molar-refractivity contribution in [2.45, 2.75) is 5.75 Å². The van der Waals surface area contributed by atoms with E-state index in [4.69, 9.17) is 0 Å². The maximum Gasteiger partial charge on any atom is 0.237 e. The monoisotopic (exact) mass is 396 g/mol. The van der Waals surface area contributed by atoms with Gasteiger partial charge in [0.25, 0.3) is 0 Å². The molecule has 2 rings (SSSR count). The second-order valence-corrected chi connectivity index (χ2v) is 7.77. The van der Waals surface area contributed by atoms with E-state index < -0.39 is 15.6 Å². The Morgan fingerprint density at radius 2 is 1.95 bits per heavy atom. The fourth-order valence-corrected chi connectivity index (χ4v) is 3.92. The van der Waals surface area contributed by atoms with Crippen LogP contribution < -0.4 is 5.32 Å². The Morgan fingerprint density at radius 3 is 2.57 bits per heavy atom. The Balaban J connectivity index is 0.00000220. The van der Waals surface area contributed by atoms with Crippen molar-refractivity contribution < 1.29 is 13.2 Å². The van der Waals surface area contributed by atoms with Crippen molar-refractivity contribution in [3.05, 3.63) is 34.3 Å². The van der Waals surface area contributed by atoms with Gasteiger partial charge < -0.3 is 10.2 Å². The molecule has 1 amide bonds. The van der Waals surface area contributed by atoms with Gasteiger partial charge in [0.15, 0.2) is 9.84 Å². The van der Waals surface area contributed by atoms with E-state index in [-0.39, 0.29) is 24.1 Å². The summed E-state index contributed by atoms with van der Waals surface area (Å²) in [6, 6.07) is 7.12. The molecule has 0 saturated carbocycles. The Hall–Kier alpha value is -0.630. The molecule has 0 atom stereocenters. The van der Waals surface area contributed by atoms with E-state index in [0.717, 1.165) is 17.6 Å². The number of hydrogen-bond donors (Lipinski definition) is 1. The molecule has 21 heavy (non-hydrogen) atoms. The maximum absolute atomic E-state index is 12.1. The number of halogens is 2. The van der Waals surface area contributed by atoms with Crippen molar-refractivity contribution in [1.82, 2.24) is 10.2 Å². The highest BCUT2D eigenvalue weighted by Gasteiger charge is 2.23. The summed E-state index contributed by atoms with van der Waals surface area (Å²) >= 11 is 3.31. The van der Waals surface area contributed by atoms with Crippen LogP contribution in [0.3, 0.4) is 0 Å². The molecule has 1 fully saturated rings. The molecule has 1 aromatic rings. The van der Waals surface area contributed by atoms with Crippen LogP contribution in [0.1, 0.15) is 5.56 Å². The molecular weight excluding hydrogens is 380 g/mol. The van der Waals surface area contributed by atoms with Crippen molar-refractivity contribution in [2.24, 2.45) is 0 Å². The molecule has 1 aliphatic rings. The summed E-state index contributed by atoms with van der Waals surface area (Å²) in [5.41, 5.74) is 0.687. The highest BCUT2D eigenvalue weighted by molar-refractivity contribution is 9.10. The number of nitrogens with one attached hydrogen (secondary N) is 1. The average Bonchev–Trinajstić information content (AvgIpc) is 2.38. The van der Waals surface area contributed by atoms with Gasteiger partial charge in [0.1, 0.15) is 5.75 Å². The lowest BCUT2D eigenvalue weighted by atomic mass is 10.2. The molecule has 1 heterocycles. The minimum atomic E-state index is -3.43. The second-order valence-electron chi connectivity index (χ2n) is 4.79. The van der Waals surface area contributed by atoms with E-state index in [1.165, 1.54) is 0 Å². The third-order valence-electron chi connectivity index (χ3n) is 3.09. The van der Waals surface area contributed by atoms with Crippen LogP contribution in [0.25, 0.3) is 0 Å². The molecule has 1 N–H and O–H groups in total. The summed E-state index contributed by atoms with van der Waals surface area (Å²) in [6.07, 6.45) is 0. The van der Waals surface area contributed by atoms with Crippen LogP contribution in [0.15, 0.2) is 28.7 Å². The van der Waals surface area contributed by atoms with Crippen molar-refractivity contribution in [3.63, 3.8) is 0 Å². The summed E-state index contributed by atoms with van der Waals surface area (Å²) < 4.78 is 25.0. The van der Waals surface area contributed by atoms with E-state index in [1.807, 2.05) is 6.07 Å². The molecule has 0 aliphatic carbocycles. The normalized spacial score (nSPS) is 15.4. The molecule has 0 unspecified atom stereocenters. The molecule has 8 heteroatoms. The van der Waals surface area contributed by atoms with Crippen LogP contribution >= 0.6 is 28.3 Å². The molecule has 0 radical (unpaired) electrons. The van der Waals surface area contributed by atoms with E-state index in [2.05, 4.69) is 21.2 Å². The number of hydrogen-bond acceptors (Lipinski definition) is 4. The SMILES string of the molecule is Cl.O=C(CS(=O)(=O)Cc1cccc(Br)c1)N1CCNCC1. The predicted octanol–water partition coefficient (Wildman–Crippen LogP) is 1.22. The summed E-state index contributed by atoms with van der Waals surface area (Å²) in [6.45, 7) is 2.59. The van der Waals surface area contributed by atoms with Gasteiger partial charge in [-0.1, -0.05) is 28.1 Å². The number of rotatable bonds is 4. The predicted molar refractivity (Wildman–Crippen MR) is 88.3 cm³/mol. The first-order chi connectivity index (χ1) is 9.46. The zero-order valence-corrected chi connectivity index (χ0v) is 14.6. The van der Waals surface area contributed by atoms with E-state index in [1.54, 1.807) is 23.1 Å². The third-order valence-corrected chi connectivity index (χ3v) is 5.04. The molecule has 0 bridgehead atoms. The van der Waals surface area contributed by atoms with Gasteiger partial charge in [0, 0.05) is 30.7 Å². The number of amides is 1. The van der Waals surface area contributed by atoms with Gasteiger partial charge in [-0.3, -0.25) is 4.79 Å². The number of benzene rings is 1. The molecule has 0 spiro atoms. The van der Waals surface area contributed by atoms with Gasteiger partial charge in [-0.25, -0.2) is 8.42 Å². The molecule has 1 saturated heterocycles. The summed E-state index contributed by atoms with van der Waals surface area (Å²) in [5, 5.41) is 3.13. The first-order valence-electron chi connectivity index (χ1n) is 6.40. The lowest BCUT2D eigenvalue weighted by Crippen LogP contribution is -2.48. The first-order valence-corrected chi connectivity index (χ1v) is 9.01. The highest BCUT2D eigenvalue weighted by atomic mass is 79.9. The fourth-order valence-electron chi connectivity index (χ4n) is 2.13. The van der Waals surface area contributed by atoms with E-state index >= 15 is 0 Å². The number of piperazine rings is 1. The average molecular weight is 398 g/mol. The Morgan fingerprint density at radius 1 is 1.29 bits per heavy atom. The zero-order valence-electron chi connectivity index (χ0n) is 11.4. The van der Waals surface area contributed by atoms with E-state index in [0.29, 0.717) is 18.7 Å². The molecular formula is C13H18BrClN2O3S. The summed E-state index contributed by atoms with van der Waals surface area (Å²) in [4.78, 5) is 13.6. The lowest BCUT2D eigenvalue weighted by Gasteiger charge is -2.27. The van der Waals surface area contributed by atoms with Crippen LogP contribution in [0.4, 0.5) is 0 Å². The molecule has 5 nitrogen and oxygen atoms in total. The lowest BCUT2D eigenvalue weighted by molar-refractivity contribution is -0.128. The highest BCUT2D eigenvalue weighted by Crippen LogP contribution is 2.14. The minimum absolute atomic E-state index is 0. The largest absolute Gasteiger partial charge is 0.339 e.